The SMILES string of the molecule is CNc1c(N)nc(-c2nccn2C)nc1N(C=O)Cc1ccccc1. The van der Waals surface area contributed by atoms with E-state index in [1.807, 2.05) is 37.4 Å². The van der Waals surface area contributed by atoms with Gasteiger partial charge >= 0.3 is 0 Å². The maximum absolute atomic E-state index is 11.7. The molecule has 1 aromatic carbocycles. The molecular formula is C17H19N7O. The van der Waals surface area contributed by atoms with Crippen LogP contribution < -0.4 is 16.0 Å². The van der Waals surface area contributed by atoms with E-state index in [1.165, 1.54) is 4.90 Å². The van der Waals surface area contributed by atoms with Gasteiger partial charge in [-0.2, -0.15) is 0 Å². The van der Waals surface area contributed by atoms with E-state index in [1.54, 1.807) is 24.0 Å². The van der Waals surface area contributed by atoms with E-state index in [9.17, 15) is 4.79 Å². The Bertz CT molecular complexity index is 876. The first-order valence-electron chi connectivity index (χ1n) is 7.73. The molecule has 0 aliphatic rings. The topological polar surface area (TPSA) is 102 Å². The number of nitrogen functional groups attached to an aromatic ring is 1. The maximum Gasteiger partial charge on any atom is 0.215 e. The molecule has 0 fully saturated rings. The molecule has 0 saturated carbocycles. The number of anilines is 3. The molecule has 0 unspecified atom stereocenters. The molecule has 25 heavy (non-hydrogen) atoms. The van der Waals surface area contributed by atoms with Crippen LogP contribution in [0.15, 0.2) is 42.7 Å². The van der Waals surface area contributed by atoms with Gasteiger partial charge in [-0.1, -0.05) is 30.3 Å². The Kier molecular flexibility index (Phi) is 4.60. The molecule has 8 nitrogen and oxygen atoms in total. The van der Waals surface area contributed by atoms with E-state index in [2.05, 4.69) is 20.3 Å². The van der Waals surface area contributed by atoms with Crippen molar-refractivity contribution in [1.82, 2.24) is 19.5 Å². The third-order valence-corrected chi connectivity index (χ3v) is 3.78. The minimum absolute atomic E-state index is 0.255. The summed E-state index contributed by atoms with van der Waals surface area (Å²) < 4.78 is 1.79. The average Bonchev–Trinajstić information content (AvgIpc) is 3.06. The van der Waals surface area contributed by atoms with Crippen molar-refractivity contribution >= 4 is 23.7 Å². The van der Waals surface area contributed by atoms with Gasteiger partial charge in [0.05, 0.1) is 6.54 Å². The Morgan fingerprint density at radius 3 is 2.64 bits per heavy atom. The highest BCUT2D eigenvalue weighted by Gasteiger charge is 2.20. The molecule has 0 radical (unpaired) electrons. The first-order chi connectivity index (χ1) is 12.1. The Labute approximate surface area is 145 Å². The van der Waals surface area contributed by atoms with Crippen LogP contribution in [0.2, 0.25) is 0 Å². The number of carbonyl (C=O) groups excluding carboxylic acids is 1. The third-order valence-electron chi connectivity index (χ3n) is 3.78. The third kappa shape index (κ3) is 3.27. The van der Waals surface area contributed by atoms with Gasteiger partial charge in [0.25, 0.3) is 0 Å². The van der Waals surface area contributed by atoms with Gasteiger partial charge < -0.3 is 15.6 Å². The lowest BCUT2D eigenvalue weighted by Gasteiger charge is -2.21. The predicted molar refractivity (Wildman–Crippen MR) is 96.9 cm³/mol. The van der Waals surface area contributed by atoms with Crippen molar-refractivity contribution in [3.05, 3.63) is 48.3 Å². The van der Waals surface area contributed by atoms with E-state index in [0.29, 0.717) is 29.7 Å². The monoisotopic (exact) mass is 337 g/mol. The fraction of sp³-hybridized carbons (Fsp3) is 0.176. The van der Waals surface area contributed by atoms with Crippen LogP contribution in [0.4, 0.5) is 17.3 Å². The van der Waals surface area contributed by atoms with Crippen LogP contribution >= 0.6 is 0 Å². The van der Waals surface area contributed by atoms with Crippen LogP contribution in [-0.2, 0) is 18.4 Å². The van der Waals surface area contributed by atoms with E-state index in [-0.39, 0.29) is 5.82 Å². The van der Waals surface area contributed by atoms with E-state index in [0.717, 1.165) is 12.0 Å². The van der Waals surface area contributed by atoms with Crippen molar-refractivity contribution in [3.8, 4) is 11.6 Å². The molecule has 8 heteroatoms. The van der Waals surface area contributed by atoms with Crippen LogP contribution in [0.1, 0.15) is 5.56 Å². The van der Waals surface area contributed by atoms with Crippen LogP contribution in [0.25, 0.3) is 11.6 Å². The Morgan fingerprint density at radius 2 is 2.04 bits per heavy atom. The lowest BCUT2D eigenvalue weighted by atomic mass is 10.2. The number of aromatic nitrogens is 4. The zero-order valence-corrected chi connectivity index (χ0v) is 14.0. The van der Waals surface area contributed by atoms with Crippen molar-refractivity contribution < 1.29 is 4.79 Å². The number of nitrogens with one attached hydrogen (secondary N) is 1. The highest BCUT2D eigenvalue weighted by atomic mass is 16.1. The maximum atomic E-state index is 11.7. The van der Waals surface area contributed by atoms with E-state index in [4.69, 9.17) is 5.73 Å². The summed E-state index contributed by atoms with van der Waals surface area (Å²) >= 11 is 0. The van der Waals surface area contributed by atoms with Gasteiger partial charge in [-0.15, -0.1) is 0 Å². The van der Waals surface area contributed by atoms with Crippen LogP contribution in [-0.4, -0.2) is 33.0 Å². The lowest BCUT2D eigenvalue weighted by molar-refractivity contribution is -0.107. The molecule has 0 spiro atoms. The molecular weight excluding hydrogens is 318 g/mol. The van der Waals surface area contributed by atoms with Crippen molar-refractivity contribution in [1.29, 1.82) is 0 Å². The fourth-order valence-electron chi connectivity index (χ4n) is 2.54. The molecule has 2 aromatic heterocycles. The summed E-state index contributed by atoms with van der Waals surface area (Å²) in [6, 6.07) is 9.66. The molecule has 0 aliphatic carbocycles. The van der Waals surface area contributed by atoms with Gasteiger partial charge in [-0.25, -0.2) is 15.0 Å². The zero-order chi connectivity index (χ0) is 17.8. The van der Waals surface area contributed by atoms with Gasteiger partial charge in [0.15, 0.2) is 23.3 Å². The van der Waals surface area contributed by atoms with E-state index < -0.39 is 0 Å². The van der Waals surface area contributed by atoms with Crippen molar-refractivity contribution in [2.75, 3.05) is 23.0 Å². The average molecular weight is 337 g/mol. The summed E-state index contributed by atoms with van der Waals surface area (Å²) in [6.07, 6.45) is 4.18. The second-order valence-corrected chi connectivity index (χ2v) is 5.46. The molecule has 3 aromatic rings. The summed E-state index contributed by atoms with van der Waals surface area (Å²) in [5.41, 5.74) is 7.56. The molecule has 3 N–H and O–H groups in total. The smallest absolute Gasteiger partial charge is 0.215 e. The highest BCUT2D eigenvalue weighted by molar-refractivity contribution is 5.86. The van der Waals surface area contributed by atoms with Crippen LogP contribution in [0.5, 0.6) is 0 Å². The standard InChI is InChI=1S/C17H19N7O/c1-19-13-14(18)21-15(17-20-8-9-23(17)2)22-16(13)24(11-25)10-12-6-4-3-5-7-12/h3-9,11,19H,10H2,1-2H3,(H2,18,21,22). The number of carbonyl (C=O) groups is 1. The highest BCUT2D eigenvalue weighted by Crippen LogP contribution is 2.31. The van der Waals surface area contributed by atoms with Crippen molar-refractivity contribution in [2.24, 2.45) is 7.05 Å². The quantitative estimate of drug-likeness (QED) is 0.663. The summed E-state index contributed by atoms with van der Waals surface area (Å²) in [5, 5.41) is 2.97. The molecule has 0 aliphatic heterocycles. The minimum atomic E-state index is 0.255. The molecule has 0 atom stereocenters. The van der Waals surface area contributed by atoms with Crippen molar-refractivity contribution in [3.63, 3.8) is 0 Å². The molecule has 1 amide bonds. The Hall–Kier alpha value is -3.42. The molecule has 3 rings (SSSR count). The van der Waals surface area contributed by atoms with Gasteiger partial charge in [0.2, 0.25) is 6.41 Å². The van der Waals surface area contributed by atoms with Gasteiger partial charge in [0, 0.05) is 26.5 Å². The Balaban J connectivity index is 2.07. The number of hydrogen-bond acceptors (Lipinski definition) is 6. The number of benzene rings is 1. The number of aryl methyl sites for hydroxylation is 1. The Morgan fingerprint density at radius 1 is 1.28 bits per heavy atom. The zero-order valence-electron chi connectivity index (χ0n) is 14.0. The second kappa shape index (κ2) is 7.00. The van der Waals surface area contributed by atoms with E-state index >= 15 is 0 Å². The summed E-state index contributed by atoms with van der Waals surface area (Å²) in [4.78, 5) is 26.3. The fourth-order valence-corrected chi connectivity index (χ4v) is 2.54. The molecule has 2 heterocycles. The minimum Gasteiger partial charge on any atom is -0.382 e. The van der Waals surface area contributed by atoms with Crippen LogP contribution in [0.3, 0.4) is 0 Å². The first kappa shape index (κ1) is 16.4. The number of rotatable bonds is 6. The second-order valence-electron chi connectivity index (χ2n) is 5.46. The van der Waals surface area contributed by atoms with Gasteiger partial charge in [-0.05, 0) is 5.56 Å². The molecule has 128 valence electrons. The first-order valence-corrected chi connectivity index (χ1v) is 7.73. The lowest BCUT2D eigenvalue weighted by Crippen LogP contribution is -2.24. The summed E-state index contributed by atoms with van der Waals surface area (Å²) in [6.45, 7) is 0.371. The predicted octanol–water partition coefficient (Wildman–Crippen LogP) is 1.66. The number of hydrogen-bond donors (Lipinski definition) is 2. The molecule has 0 bridgehead atoms. The van der Waals surface area contributed by atoms with Gasteiger partial charge in [0.1, 0.15) is 5.69 Å². The number of nitrogens with two attached hydrogens (primary N) is 1. The number of amides is 1. The number of imidazole rings is 1. The van der Waals surface area contributed by atoms with Crippen LogP contribution in [0, 0.1) is 0 Å². The molecule has 0 saturated heterocycles. The summed E-state index contributed by atoms with van der Waals surface area (Å²) in [7, 11) is 3.56. The number of nitrogens with zero attached hydrogens (tertiary/aromatic N) is 5. The van der Waals surface area contributed by atoms with Gasteiger partial charge in [-0.3, -0.25) is 9.69 Å². The summed E-state index contributed by atoms with van der Waals surface area (Å²) in [5.74, 6) is 1.59. The van der Waals surface area contributed by atoms with Crippen molar-refractivity contribution in [2.45, 2.75) is 6.54 Å². The largest absolute Gasteiger partial charge is 0.382 e. The normalized spacial score (nSPS) is 10.5.